The summed E-state index contributed by atoms with van der Waals surface area (Å²) in [7, 11) is 0. The number of nitroso groups, excluding NO2 is 1. The Labute approximate surface area is 60.8 Å². The molecule has 0 saturated heterocycles. The van der Waals surface area contributed by atoms with Crippen LogP contribution in [0.3, 0.4) is 0 Å². The molecule has 0 bridgehead atoms. The zero-order valence-corrected chi connectivity index (χ0v) is 6.46. The molecular weight excluding hydrogens is 130 g/mol. The van der Waals surface area contributed by atoms with Crippen molar-refractivity contribution in [3.8, 4) is 0 Å². The largest absolute Gasteiger partial charge is 0.289 e. The second-order valence-electron chi connectivity index (χ2n) is 2.32. The van der Waals surface area contributed by atoms with Crippen LogP contribution in [0.5, 0.6) is 0 Å². The third kappa shape index (κ3) is 2.71. The Morgan fingerprint density at radius 1 is 1.50 bits per heavy atom. The molecule has 0 aliphatic carbocycles. The summed E-state index contributed by atoms with van der Waals surface area (Å²) in [6.45, 7) is 3.88. The Bertz CT molecular complexity index is 123. The lowest BCUT2D eigenvalue weighted by Crippen LogP contribution is -2.09. The highest BCUT2D eigenvalue weighted by molar-refractivity contribution is 5.79. The van der Waals surface area contributed by atoms with Crippen molar-refractivity contribution in [2.45, 2.75) is 33.1 Å². The molecule has 0 aromatic carbocycles. The van der Waals surface area contributed by atoms with E-state index in [1.807, 2.05) is 13.8 Å². The van der Waals surface area contributed by atoms with Gasteiger partial charge in [-0.25, -0.2) is 0 Å². The number of rotatable bonds is 4. The van der Waals surface area contributed by atoms with Crippen molar-refractivity contribution in [3.05, 3.63) is 4.91 Å². The van der Waals surface area contributed by atoms with Crippen LogP contribution in [0.2, 0.25) is 0 Å². The van der Waals surface area contributed by atoms with Gasteiger partial charge in [0.15, 0.2) is 0 Å². The highest BCUT2D eigenvalue weighted by Gasteiger charge is 2.14. The number of amides is 1. The van der Waals surface area contributed by atoms with Crippen molar-refractivity contribution in [1.82, 2.24) is 0 Å². The zero-order valence-electron chi connectivity index (χ0n) is 6.46. The summed E-state index contributed by atoms with van der Waals surface area (Å²) in [5.41, 5.74) is 0. The monoisotopic (exact) mass is 143 g/mol. The second kappa shape index (κ2) is 5.09. The lowest BCUT2D eigenvalue weighted by molar-refractivity contribution is -0.122. The van der Waals surface area contributed by atoms with Crippen LogP contribution in [-0.2, 0) is 4.79 Å². The van der Waals surface area contributed by atoms with Crippen molar-refractivity contribution in [1.29, 1.82) is 0 Å². The van der Waals surface area contributed by atoms with Crippen LogP contribution in [-0.4, -0.2) is 5.91 Å². The normalized spacial score (nSPS) is 12.6. The molecule has 0 heterocycles. The van der Waals surface area contributed by atoms with Crippen molar-refractivity contribution in [2.75, 3.05) is 0 Å². The predicted octanol–water partition coefficient (Wildman–Crippen LogP) is 2.11. The van der Waals surface area contributed by atoms with Crippen LogP contribution >= 0.6 is 0 Å². The minimum Gasteiger partial charge on any atom is -0.269 e. The second-order valence-corrected chi connectivity index (χ2v) is 2.32. The van der Waals surface area contributed by atoms with Gasteiger partial charge in [0.05, 0.1) is 0 Å². The Kier molecular flexibility index (Phi) is 4.72. The molecule has 0 aromatic heterocycles. The third-order valence-corrected chi connectivity index (χ3v) is 1.57. The first-order chi connectivity index (χ1) is 4.76. The van der Waals surface area contributed by atoms with Crippen molar-refractivity contribution in [3.63, 3.8) is 0 Å². The number of carbonyl (C=O) groups is 1. The molecule has 1 atom stereocenters. The van der Waals surface area contributed by atoms with E-state index in [0.29, 0.717) is 0 Å². The first-order valence-electron chi connectivity index (χ1n) is 3.63. The molecular formula is C7H13NO2. The van der Waals surface area contributed by atoms with Gasteiger partial charge in [-0.05, 0) is 12.8 Å². The minimum absolute atomic E-state index is 0.137. The van der Waals surface area contributed by atoms with Crippen molar-refractivity contribution in [2.24, 2.45) is 11.1 Å². The maximum Gasteiger partial charge on any atom is 0.289 e. The van der Waals surface area contributed by atoms with E-state index in [4.69, 9.17) is 0 Å². The maximum atomic E-state index is 10.7. The quantitative estimate of drug-likeness (QED) is 0.566. The molecule has 0 spiro atoms. The van der Waals surface area contributed by atoms with Gasteiger partial charge in [0, 0.05) is 11.1 Å². The van der Waals surface area contributed by atoms with Crippen LogP contribution in [0, 0.1) is 10.8 Å². The molecule has 3 nitrogen and oxygen atoms in total. The van der Waals surface area contributed by atoms with Gasteiger partial charge >= 0.3 is 0 Å². The van der Waals surface area contributed by atoms with Crippen LogP contribution in [0.4, 0.5) is 0 Å². The highest BCUT2D eigenvalue weighted by Crippen LogP contribution is 2.11. The standard InChI is InChI=1S/C7H13NO2/c1-3-5-6(4-2)7(9)8-10/h6H,3-5H2,1-2H3. The molecule has 0 fully saturated rings. The maximum absolute atomic E-state index is 10.7. The van der Waals surface area contributed by atoms with Crippen LogP contribution in [0.15, 0.2) is 5.18 Å². The van der Waals surface area contributed by atoms with Gasteiger partial charge in [0.25, 0.3) is 5.91 Å². The molecule has 1 amide bonds. The summed E-state index contributed by atoms with van der Waals surface area (Å²) < 4.78 is 0. The molecule has 0 saturated carbocycles. The molecule has 0 aliphatic rings. The summed E-state index contributed by atoms with van der Waals surface area (Å²) >= 11 is 0. The van der Waals surface area contributed by atoms with Gasteiger partial charge in [-0.15, -0.1) is 4.91 Å². The Balaban J connectivity index is 3.79. The van der Waals surface area contributed by atoms with Gasteiger partial charge < -0.3 is 0 Å². The van der Waals surface area contributed by atoms with E-state index in [2.05, 4.69) is 5.18 Å². The fraction of sp³-hybridized carbons (Fsp3) is 0.857. The summed E-state index contributed by atoms with van der Waals surface area (Å²) in [5.74, 6) is -0.633. The molecule has 0 radical (unpaired) electrons. The highest BCUT2D eigenvalue weighted by atomic mass is 16.3. The zero-order chi connectivity index (χ0) is 7.98. The summed E-state index contributed by atoms with van der Waals surface area (Å²) in [6.07, 6.45) is 2.43. The fourth-order valence-electron chi connectivity index (χ4n) is 0.925. The molecule has 0 rings (SSSR count). The van der Waals surface area contributed by atoms with E-state index in [9.17, 15) is 9.70 Å². The van der Waals surface area contributed by atoms with Crippen LogP contribution in [0.25, 0.3) is 0 Å². The van der Waals surface area contributed by atoms with E-state index >= 15 is 0 Å². The molecule has 0 N–H and O–H groups in total. The Hall–Kier alpha value is -0.730. The van der Waals surface area contributed by atoms with Crippen molar-refractivity contribution >= 4 is 5.91 Å². The summed E-state index contributed by atoms with van der Waals surface area (Å²) in [5, 5.41) is 2.39. The third-order valence-electron chi connectivity index (χ3n) is 1.57. The molecule has 58 valence electrons. The lowest BCUT2D eigenvalue weighted by Gasteiger charge is -2.04. The molecule has 0 aromatic rings. The summed E-state index contributed by atoms with van der Waals surface area (Å²) in [4.78, 5) is 20.4. The SMILES string of the molecule is CCCC(CC)C(=O)N=O. The number of carbonyl (C=O) groups excluding carboxylic acids is 1. The molecule has 1 unspecified atom stereocenters. The average Bonchev–Trinajstić information content (AvgIpc) is 1.99. The number of hydrogen-bond acceptors (Lipinski definition) is 2. The number of hydrogen-bond donors (Lipinski definition) is 0. The first kappa shape index (κ1) is 9.27. The van der Waals surface area contributed by atoms with Crippen LogP contribution in [0.1, 0.15) is 33.1 Å². The van der Waals surface area contributed by atoms with Crippen LogP contribution < -0.4 is 0 Å². The summed E-state index contributed by atoms with van der Waals surface area (Å²) in [6, 6.07) is 0. The van der Waals surface area contributed by atoms with Gasteiger partial charge in [0.1, 0.15) is 0 Å². The van der Waals surface area contributed by atoms with E-state index < -0.39 is 5.91 Å². The lowest BCUT2D eigenvalue weighted by atomic mass is 10.0. The predicted molar refractivity (Wildman–Crippen MR) is 39.5 cm³/mol. The average molecular weight is 143 g/mol. The topological polar surface area (TPSA) is 46.5 Å². The van der Waals surface area contributed by atoms with E-state index in [1.54, 1.807) is 0 Å². The first-order valence-corrected chi connectivity index (χ1v) is 3.63. The molecule has 3 heteroatoms. The van der Waals surface area contributed by atoms with Crippen molar-refractivity contribution < 1.29 is 4.79 Å². The van der Waals surface area contributed by atoms with Gasteiger partial charge in [-0.2, -0.15) is 0 Å². The minimum atomic E-state index is -0.496. The van der Waals surface area contributed by atoms with E-state index in [0.717, 1.165) is 19.3 Å². The van der Waals surface area contributed by atoms with Gasteiger partial charge in [0.2, 0.25) is 0 Å². The fourth-order valence-corrected chi connectivity index (χ4v) is 0.925. The van der Waals surface area contributed by atoms with E-state index in [-0.39, 0.29) is 5.92 Å². The van der Waals surface area contributed by atoms with E-state index in [1.165, 1.54) is 0 Å². The van der Waals surface area contributed by atoms with Gasteiger partial charge in [-0.3, -0.25) is 4.79 Å². The Morgan fingerprint density at radius 3 is 2.40 bits per heavy atom. The van der Waals surface area contributed by atoms with Gasteiger partial charge in [-0.1, -0.05) is 20.3 Å². The Morgan fingerprint density at radius 2 is 2.10 bits per heavy atom. The number of nitrogens with zero attached hydrogens (tertiary/aromatic N) is 1. The molecule has 0 aliphatic heterocycles. The smallest absolute Gasteiger partial charge is 0.269 e. The molecule has 10 heavy (non-hydrogen) atoms.